The molecule has 1 fully saturated rings. The number of thiazole rings is 1. The van der Waals surface area contributed by atoms with Gasteiger partial charge in [0.1, 0.15) is 0 Å². The number of nitrogens with one attached hydrogen (secondary N) is 1. The van der Waals surface area contributed by atoms with E-state index in [2.05, 4.69) is 19.2 Å². The van der Waals surface area contributed by atoms with E-state index in [0.29, 0.717) is 0 Å². The Morgan fingerprint density at radius 3 is 2.80 bits per heavy atom. The molecule has 2 rings (SSSR count). The van der Waals surface area contributed by atoms with Crippen LogP contribution in [0.15, 0.2) is 0 Å². The summed E-state index contributed by atoms with van der Waals surface area (Å²) in [5.41, 5.74) is 1.32. The van der Waals surface area contributed by atoms with Gasteiger partial charge in [0.25, 0.3) is 0 Å². The third-order valence-corrected chi connectivity index (χ3v) is 3.97. The van der Waals surface area contributed by atoms with Gasteiger partial charge in [0.05, 0.1) is 10.7 Å². The normalized spacial score (nSPS) is 15.9. The van der Waals surface area contributed by atoms with Crippen LogP contribution < -0.4 is 5.32 Å². The molecule has 1 saturated carbocycles. The summed E-state index contributed by atoms with van der Waals surface area (Å²) in [5.74, 6) is 0.952. The zero-order valence-corrected chi connectivity index (χ0v) is 10.5. The second-order valence-electron chi connectivity index (χ2n) is 4.26. The lowest BCUT2D eigenvalue weighted by molar-refractivity contribution is 0.727. The van der Waals surface area contributed by atoms with E-state index < -0.39 is 0 Å². The summed E-state index contributed by atoms with van der Waals surface area (Å²) in [7, 11) is 0. The van der Waals surface area contributed by atoms with Crippen LogP contribution in [0.4, 0.5) is 0 Å². The molecule has 0 amide bonds. The number of hydrogen-bond donors (Lipinski definition) is 1. The lowest BCUT2D eigenvalue weighted by Gasteiger charge is -1.99. The molecule has 1 aliphatic carbocycles. The lowest BCUT2D eigenvalue weighted by Crippen LogP contribution is -2.11. The minimum atomic E-state index is 0.952. The van der Waals surface area contributed by atoms with Gasteiger partial charge in [-0.3, -0.25) is 0 Å². The first-order chi connectivity index (χ1) is 7.33. The molecule has 1 N–H and O–H groups in total. The number of hydrogen-bond acceptors (Lipinski definition) is 3. The summed E-state index contributed by atoms with van der Waals surface area (Å²) in [4.78, 5) is 6.19. The maximum absolute atomic E-state index is 4.74. The molecule has 2 nitrogen and oxygen atoms in total. The Hall–Kier alpha value is -0.410. The van der Waals surface area contributed by atoms with Crippen molar-refractivity contribution in [1.29, 1.82) is 0 Å². The lowest BCUT2D eigenvalue weighted by atomic mass is 10.3. The molecule has 3 heteroatoms. The quantitative estimate of drug-likeness (QED) is 0.803. The molecule has 15 heavy (non-hydrogen) atoms. The first-order valence-corrected chi connectivity index (χ1v) is 6.83. The fourth-order valence-corrected chi connectivity index (χ4v) is 2.99. The summed E-state index contributed by atoms with van der Waals surface area (Å²) >= 11 is 1.92. The van der Waals surface area contributed by atoms with Gasteiger partial charge in [-0.05, 0) is 31.7 Å². The van der Waals surface area contributed by atoms with E-state index in [1.54, 1.807) is 0 Å². The highest BCUT2D eigenvalue weighted by Gasteiger charge is 2.23. The molecule has 1 heterocycles. The van der Waals surface area contributed by atoms with Crippen molar-refractivity contribution in [1.82, 2.24) is 10.3 Å². The Morgan fingerprint density at radius 1 is 1.40 bits per heavy atom. The molecule has 0 atom stereocenters. The maximum atomic E-state index is 4.74. The van der Waals surface area contributed by atoms with Crippen molar-refractivity contribution in [2.75, 3.05) is 6.54 Å². The van der Waals surface area contributed by atoms with E-state index in [1.807, 2.05) is 11.3 Å². The first kappa shape index (κ1) is 11.1. The number of aryl methyl sites for hydroxylation is 1. The van der Waals surface area contributed by atoms with Gasteiger partial charge in [0, 0.05) is 17.8 Å². The predicted molar refractivity (Wildman–Crippen MR) is 65.3 cm³/mol. The summed E-state index contributed by atoms with van der Waals surface area (Å²) in [5, 5.41) is 4.76. The maximum Gasteiger partial charge on any atom is 0.0934 e. The van der Waals surface area contributed by atoms with E-state index in [0.717, 1.165) is 25.4 Å². The summed E-state index contributed by atoms with van der Waals surface area (Å²) in [6, 6.07) is 0. The van der Waals surface area contributed by atoms with Gasteiger partial charge < -0.3 is 5.32 Å². The van der Waals surface area contributed by atoms with E-state index in [-0.39, 0.29) is 0 Å². The SMILES string of the molecule is CCNCc1sc(CC2CC2)nc1CC. The molecular formula is C12H20N2S. The third kappa shape index (κ3) is 3.02. The fourth-order valence-electron chi connectivity index (χ4n) is 1.75. The average Bonchev–Trinajstić information content (AvgIpc) is 2.95. The fraction of sp³-hybridized carbons (Fsp3) is 0.750. The Balaban J connectivity index is 2.01. The minimum Gasteiger partial charge on any atom is -0.312 e. The molecule has 0 saturated heterocycles. The summed E-state index contributed by atoms with van der Waals surface area (Å²) in [6.45, 7) is 6.39. The highest BCUT2D eigenvalue weighted by Crippen LogP contribution is 2.34. The Labute approximate surface area is 96.1 Å². The van der Waals surface area contributed by atoms with E-state index in [1.165, 1.54) is 34.8 Å². The number of aromatic nitrogens is 1. The van der Waals surface area contributed by atoms with Crippen LogP contribution in [0.1, 0.15) is 42.3 Å². The zero-order valence-electron chi connectivity index (χ0n) is 9.68. The van der Waals surface area contributed by atoms with Crippen LogP contribution in [-0.2, 0) is 19.4 Å². The molecule has 1 aliphatic rings. The smallest absolute Gasteiger partial charge is 0.0934 e. The van der Waals surface area contributed by atoms with Gasteiger partial charge in [-0.25, -0.2) is 4.98 Å². The van der Waals surface area contributed by atoms with Crippen molar-refractivity contribution in [3.05, 3.63) is 15.6 Å². The predicted octanol–water partition coefficient (Wildman–Crippen LogP) is 2.77. The van der Waals surface area contributed by atoms with Crippen LogP contribution in [0.5, 0.6) is 0 Å². The zero-order chi connectivity index (χ0) is 10.7. The van der Waals surface area contributed by atoms with Crippen molar-refractivity contribution >= 4 is 11.3 Å². The monoisotopic (exact) mass is 224 g/mol. The van der Waals surface area contributed by atoms with Crippen LogP contribution in [0.2, 0.25) is 0 Å². The van der Waals surface area contributed by atoms with Crippen molar-refractivity contribution in [3.8, 4) is 0 Å². The highest BCUT2D eigenvalue weighted by atomic mass is 32.1. The average molecular weight is 224 g/mol. The van der Waals surface area contributed by atoms with Gasteiger partial charge >= 0.3 is 0 Å². The molecule has 0 unspecified atom stereocenters. The molecule has 84 valence electrons. The summed E-state index contributed by atoms with van der Waals surface area (Å²) < 4.78 is 0. The van der Waals surface area contributed by atoms with Crippen molar-refractivity contribution in [3.63, 3.8) is 0 Å². The molecule has 0 aromatic carbocycles. The molecular weight excluding hydrogens is 204 g/mol. The van der Waals surface area contributed by atoms with Gasteiger partial charge in [-0.2, -0.15) is 0 Å². The Morgan fingerprint density at radius 2 is 2.20 bits per heavy atom. The molecule has 0 radical (unpaired) electrons. The Bertz CT molecular complexity index is 315. The van der Waals surface area contributed by atoms with Crippen molar-refractivity contribution in [2.45, 2.75) is 46.1 Å². The van der Waals surface area contributed by atoms with Crippen molar-refractivity contribution < 1.29 is 0 Å². The van der Waals surface area contributed by atoms with Crippen LogP contribution in [0.25, 0.3) is 0 Å². The topological polar surface area (TPSA) is 24.9 Å². The second-order valence-corrected chi connectivity index (χ2v) is 5.43. The van der Waals surface area contributed by atoms with Gasteiger partial charge in [-0.15, -0.1) is 11.3 Å². The standard InChI is InChI=1S/C12H20N2S/c1-3-10-11(8-13-4-2)15-12(14-10)7-9-5-6-9/h9,13H,3-8H2,1-2H3. The van der Waals surface area contributed by atoms with E-state index in [4.69, 9.17) is 4.98 Å². The van der Waals surface area contributed by atoms with Gasteiger partial charge in [0.15, 0.2) is 0 Å². The first-order valence-electron chi connectivity index (χ1n) is 6.01. The van der Waals surface area contributed by atoms with E-state index >= 15 is 0 Å². The minimum absolute atomic E-state index is 0.952. The molecule has 0 spiro atoms. The molecule has 1 aromatic heterocycles. The summed E-state index contributed by atoms with van der Waals surface area (Å²) in [6.07, 6.45) is 5.14. The van der Waals surface area contributed by atoms with E-state index in [9.17, 15) is 0 Å². The van der Waals surface area contributed by atoms with Crippen LogP contribution in [0.3, 0.4) is 0 Å². The van der Waals surface area contributed by atoms with Crippen LogP contribution in [0, 0.1) is 5.92 Å². The van der Waals surface area contributed by atoms with Gasteiger partial charge in [0.2, 0.25) is 0 Å². The Kier molecular flexibility index (Phi) is 3.76. The number of nitrogens with zero attached hydrogens (tertiary/aromatic N) is 1. The van der Waals surface area contributed by atoms with Crippen LogP contribution in [-0.4, -0.2) is 11.5 Å². The van der Waals surface area contributed by atoms with Gasteiger partial charge in [-0.1, -0.05) is 13.8 Å². The third-order valence-electron chi connectivity index (χ3n) is 2.85. The number of rotatable bonds is 6. The highest BCUT2D eigenvalue weighted by molar-refractivity contribution is 7.11. The molecule has 0 aliphatic heterocycles. The largest absolute Gasteiger partial charge is 0.312 e. The molecule has 0 bridgehead atoms. The second kappa shape index (κ2) is 5.08. The van der Waals surface area contributed by atoms with Crippen molar-refractivity contribution in [2.24, 2.45) is 5.92 Å². The molecule has 1 aromatic rings. The van der Waals surface area contributed by atoms with Crippen LogP contribution >= 0.6 is 11.3 Å².